The summed E-state index contributed by atoms with van der Waals surface area (Å²) in [5.41, 5.74) is 3.15. The van der Waals surface area contributed by atoms with Gasteiger partial charge >= 0.3 is 0 Å². The molecule has 2 aromatic rings. The first-order valence-electron chi connectivity index (χ1n) is 9.27. The zero-order chi connectivity index (χ0) is 19.4. The fourth-order valence-corrected chi connectivity index (χ4v) is 4.26. The van der Waals surface area contributed by atoms with E-state index in [9.17, 15) is 13.2 Å². The number of sulfonamides is 1. The second-order valence-electron chi connectivity index (χ2n) is 7.16. The van der Waals surface area contributed by atoms with Crippen LogP contribution in [-0.2, 0) is 16.6 Å². The molecule has 1 heterocycles. The summed E-state index contributed by atoms with van der Waals surface area (Å²) in [6, 6.07) is 14.7. The largest absolute Gasteiger partial charge is 0.339 e. The molecule has 0 N–H and O–H groups in total. The van der Waals surface area contributed by atoms with Crippen molar-refractivity contribution in [2.75, 3.05) is 23.7 Å². The Bertz CT molecular complexity index is 901. The summed E-state index contributed by atoms with van der Waals surface area (Å²) < 4.78 is 26.0. The van der Waals surface area contributed by atoms with Gasteiger partial charge in [-0.05, 0) is 61.6 Å². The van der Waals surface area contributed by atoms with Gasteiger partial charge in [0.05, 0.1) is 18.5 Å². The first kappa shape index (κ1) is 19.4. The van der Waals surface area contributed by atoms with Crippen molar-refractivity contribution >= 4 is 21.6 Å². The minimum absolute atomic E-state index is 0.0555. The van der Waals surface area contributed by atoms with Crippen LogP contribution in [0.25, 0.3) is 0 Å². The van der Waals surface area contributed by atoms with E-state index in [0.717, 1.165) is 37.1 Å². The van der Waals surface area contributed by atoms with Crippen LogP contribution >= 0.6 is 0 Å². The van der Waals surface area contributed by atoms with Crippen LogP contribution in [-0.4, -0.2) is 38.6 Å². The third-order valence-corrected chi connectivity index (χ3v) is 6.00. The molecule has 144 valence electrons. The smallest absolute Gasteiger partial charge is 0.253 e. The maximum Gasteiger partial charge on any atom is 0.253 e. The van der Waals surface area contributed by atoms with E-state index in [4.69, 9.17) is 0 Å². The van der Waals surface area contributed by atoms with Crippen LogP contribution in [0.3, 0.4) is 0 Å². The maximum absolute atomic E-state index is 12.6. The summed E-state index contributed by atoms with van der Waals surface area (Å²) in [7, 11) is -3.42. The topological polar surface area (TPSA) is 57.7 Å². The number of benzene rings is 2. The lowest BCUT2D eigenvalue weighted by Crippen LogP contribution is -2.35. The SMILES string of the molecule is Cc1cccc(N(Cc2ccc(C(=O)N3CCCCC3)cc2)S(C)(=O)=O)c1. The van der Waals surface area contributed by atoms with Crippen LogP contribution in [0.15, 0.2) is 48.5 Å². The van der Waals surface area contributed by atoms with Crippen molar-refractivity contribution < 1.29 is 13.2 Å². The molecule has 6 heteroatoms. The van der Waals surface area contributed by atoms with Crippen molar-refractivity contribution in [2.24, 2.45) is 0 Å². The van der Waals surface area contributed by atoms with Crippen molar-refractivity contribution in [1.29, 1.82) is 0 Å². The molecule has 1 aliphatic rings. The average molecular weight is 387 g/mol. The Labute approximate surface area is 161 Å². The number of anilines is 1. The molecule has 1 amide bonds. The minimum atomic E-state index is -3.42. The summed E-state index contributed by atoms with van der Waals surface area (Å²) >= 11 is 0. The molecule has 5 nitrogen and oxygen atoms in total. The van der Waals surface area contributed by atoms with Crippen molar-refractivity contribution in [2.45, 2.75) is 32.7 Å². The fourth-order valence-electron chi connectivity index (χ4n) is 3.38. The fraction of sp³-hybridized carbons (Fsp3) is 0.381. The number of rotatable bonds is 5. The Morgan fingerprint density at radius 3 is 2.30 bits per heavy atom. The van der Waals surface area contributed by atoms with E-state index in [-0.39, 0.29) is 12.5 Å². The minimum Gasteiger partial charge on any atom is -0.339 e. The monoisotopic (exact) mass is 386 g/mol. The molecular formula is C21H26N2O3S. The van der Waals surface area contributed by atoms with E-state index in [1.807, 2.05) is 42.2 Å². The standard InChI is InChI=1S/C21H26N2O3S/c1-17-7-6-8-20(15-17)23(27(2,25)26)16-18-9-11-19(12-10-18)21(24)22-13-4-3-5-14-22/h6-12,15H,3-5,13-14,16H2,1-2H3. The molecule has 0 radical (unpaired) electrons. The molecule has 0 spiro atoms. The predicted octanol–water partition coefficient (Wildman–Crippen LogP) is 3.59. The highest BCUT2D eigenvalue weighted by Gasteiger charge is 2.20. The van der Waals surface area contributed by atoms with Crippen LogP contribution in [0.2, 0.25) is 0 Å². The number of carbonyl (C=O) groups is 1. The number of hydrogen-bond acceptors (Lipinski definition) is 3. The number of nitrogens with zero attached hydrogens (tertiary/aromatic N) is 2. The molecule has 3 rings (SSSR count). The van der Waals surface area contributed by atoms with Gasteiger partial charge in [-0.25, -0.2) is 8.42 Å². The normalized spacial score (nSPS) is 14.8. The molecule has 1 saturated heterocycles. The van der Waals surface area contributed by atoms with Crippen molar-refractivity contribution in [3.8, 4) is 0 Å². The Kier molecular flexibility index (Phi) is 5.85. The zero-order valence-electron chi connectivity index (χ0n) is 15.9. The quantitative estimate of drug-likeness (QED) is 0.789. The van der Waals surface area contributed by atoms with Gasteiger partial charge in [0.2, 0.25) is 10.0 Å². The number of likely N-dealkylation sites (tertiary alicyclic amines) is 1. The van der Waals surface area contributed by atoms with Crippen LogP contribution < -0.4 is 4.31 Å². The Morgan fingerprint density at radius 1 is 1.04 bits per heavy atom. The number of hydrogen-bond donors (Lipinski definition) is 0. The first-order valence-corrected chi connectivity index (χ1v) is 11.1. The first-order chi connectivity index (χ1) is 12.8. The molecule has 0 bridgehead atoms. The number of amides is 1. The van der Waals surface area contributed by atoms with Gasteiger partial charge in [-0.1, -0.05) is 24.3 Å². The highest BCUT2D eigenvalue weighted by atomic mass is 32.2. The summed E-state index contributed by atoms with van der Waals surface area (Å²) in [5.74, 6) is 0.0555. The second kappa shape index (κ2) is 8.13. The van der Waals surface area contributed by atoms with E-state index in [1.54, 1.807) is 18.2 Å². The summed E-state index contributed by atoms with van der Waals surface area (Å²) in [6.45, 7) is 3.80. The van der Waals surface area contributed by atoms with Crippen LogP contribution in [0, 0.1) is 6.92 Å². The lowest BCUT2D eigenvalue weighted by Gasteiger charge is -2.27. The van der Waals surface area contributed by atoms with Crippen LogP contribution in [0.5, 0.6) is 0 Å². The Morgan fingerprint density at radius 2 is 1.70 bits per heavy atom. The highest BCUT2D eigenvalue weighted by molar-refractivity contribution is 7.92. The third kappa shape index (κ3) is 4.89. The molecule has 0 aliphatic carbocycles. The van der Waals surface area contributed by atoms with Gasteiger partial charge in [0.25, 0.3) is 5.91 Å². The van der Waals surface area contributed by atoms with Crippen molar-refractivity contribution in [3.05, 3.63) is 65.2 Å². The molecule has 0 atom stereocenters. The molecule has 0 saturated carbocycles. The summed E-state index contributed by atoms with van der Waals surface area (Å²) in [6.07, 6.45) is 4.51. The number of aryl methyl sites for hydroxylation is 1. The molecule has 1 aliphatic heterocycles. The average Bonchev–Trinajstić information content (AvgIpc) is 2.66. The van der Waals surface area contributed by atoms with Crippen molar-refractivity contribution in [1.82, 2.24) is 4.90 Å². The third-order valence-electron chi connectivity index (χ3n) is 4.86. The van der Waals surface area contributed by atoms with Crippen LogP contribution in [0.1, 0.15) is 40.7 Å². The molecule has 2 aromatic carbocycles. The maximum atomic E-state index is 12.6. The van der Waals surface area contributed by atoms with E-state index in [0.29, 0.717) is 11.3 Å². The van der Waals surface area contributed by atoms with Gasteiger partial charge in [-0.3, -0.25) is 9.10 Å². The lowest BCUT2D eigenvalue weighted by atomic mass is 10.1. The van der Waals surface area contributed by atoms with E-state index in [2.05, 4.69) is 0 Å². The number of piperidine rings is 1. The Hall–Kier alpha value is -2.34. The highest BCUT2D eigenvalue weighted by Crippen LogP contribution is 2.22. The van der Waals surface area contributed by atoms with Gasteiger partial charge in [0.15, 0.2) is 0 Å². The van der Waals surface area contributed by atoms with Gasteiger partial charge < -0.3 is 4.90 Å². The van der Waals surface area contributed by atoms with Gasteiger partial charge in [-0.15, -0.1) is 0 Å². The van der Waals surface area contributed by atoms with Gasteiger partial charge in [0, 0.05) is 18.7 Å². The molecule has 27 heavy (non-hydrogen) atoms. The van der Waals surface area contributed by atoms with Gasteiger partial charge in [-0.2, -0.15) is 0 Å². The van der Waals surface area contributed by atoms with Crippen LogP contribution in [0.4, 0.5) is 5.69 Å². The lowest BCUT2D eigenvalue weighted by molar-refractivity contribution is 0.0724. The van der Waals surface area contributed by atoms with E-state index < -0.39 is 10.0 Å². The van der Waals surface area contributed by atoms with E-state index in [1.165, 1.54) is 17.0 Å². The molecule has 0 aromatic heterocycles. The molecular weight excluding hydrogens is 360 g/mol. The summed E-state index contributed by atoms with van der Waals surface area (Å²) in [4.78, 5) is 14.5. The molecule has 0 unspecified atom stereocenters. The zero-order valence-corrected chi connectivity index (χ0v) is 16.7. The second-order valence-corrected chi connectivity index (χ2v) is 9.07. The summed E-state index contributed by atoms with van der Waals surface area (Å²) in [5, 5.41) is 0. The molecule has 1 fully saturated rings. The number of carbonyl (C=O) groups excluding carboxylic acids is 1. The van der Waals surface area contributed by atoms with Gasteiger partial charge in [0.1, 0.15) is 0 Å². The Balaban J connectivity index is 1.78. The van der Waals surface area contributed by atoms with E-state index >= 15 is 0 Å². The predicted molar refractivity (Wildman–Crippen MR) is 108 cm³/mol. The van der Waals surface area contributed by atoms with Crippen molar-refractivity contribution in [3.63, 3.8) is 0 Å².